The van der Waals surface area contributed by atoms with E-state index in [2.05, 4.69) is 11.6 Å². The first-order chi connectivity index (χ1) is 5.18. The summed E-state index contributed by atoms with van der Waals surface area (Å²) in [4.78, 5) is 22.0. The summed E-state index contributed by atoms with van der Waals surface area (Å²) in [5.74, 6) is -0.955. The van der Waals surface area contributed by atoms with E-state index in [0.717, 1.165) is 0 Å². The first-order valence-electron chi connectivity index (χ1n) is 2.67. The number of carboxylic acids is 1. The van der Waals surface area contributed by atoms with Crippen LogP contribution in [0, 0.1) is 0 Å². The average molecular weight is 158 g/mol. The Morgan fingerprint density at radius 2 is 2.18 bits per heavy atom. The highest BCUT2D eigenvalue weighted by atomic mass is 16.4. The Hall–Kier alpha value is -1.61. The largest absolute Gasteiger partial charge is 0.481 e. The molecule has 0 rings (SSSR count). The second kappa shape index (κ2) is 11.2. The molecule has 0 saturated carbocycles. The smallest absolute Gasteiger partial charge is 0.305 e. The second-order valence-corrected chi connectivity index (χ2v) is 1.28. The van der Waals surface area contributed by atoms with Gasteiger partial charge in [0.1, 0.15) is 6.26 Å². The molecule has 0 aliphatic carbocycles. The van der Waals surface area contributed by atoms with Gasteiger partial charge < -0.3 is 5.11 Å². The van der Waals surface area contributed by atoms with E-state index in [-0.39, 0.29) is 13.0 Å². The van der Waals surface area contributed by atoms with Crippen molar-refractivity contribution in [3.63, 3.8) is 0 Å². The van der Waals surface area contributed by atoms with Crippen molar-refractivity contribution in [2.75, 3.05) is 6.54 Å². The summed E-state index contributed by atoms with van der Waals surface area (Å²) in [7, 11) is 0. The molecule has 1 radical (unpaired) electrons. The molecule has 0 heterocycles. The van der Waals surface area contributed by atoms with E-state index >= 15 is 0 Å². The van der Waals surface area contributed by atoms with E-state index in [1.807, 2.05) is 0 Å². The fourth-order valence-electron chi connectivity index (χ4n) is 0.197. The summed E-state index contributed by atoms with van der Waals surface area (Å²) in [6.07, 6.45) is 1.63. The summed E-state index contributed by atoms with van der Waals surface area (Å²) in [6.45, 7) is 2.83. The lowest BCUT2D eigenvalue weighted by Crippen LogP contribution is -1.95. The number of hydrogen-bond acceptors (Lipinski definition) is 3. The van der Waals surface area contributed by atoms with Crippen molar-refractivity contribution in [1.82, 2.24) is 0 Å². The third kappa shape index (κ3) is 29.8. The maximum atomic E-state index is 9.68. The first-order valence-corrected chi connectivity index (χ1v) is 2.67. The number of carbonyl (C=O) groups excluding carboxylic acids is 1. The van der Waals surface area contributed by atoms with Crippen LogP contribution in [-0.4, -0.2) is 23.7 Å². The van der Waals surface area contributed by atoms with Gasteiger partial charge in [-0.05, 0) is 0 Å². The molecule has 0 aliphatic rings. The van der Waals surface area contributed by atoms with Crippen LogP contribution >= 0.6 is 0 Å². The van der Waals surface area contributed by atoms with E-state index in [0.29, 0.717) is 6.26 Å². The molecule has 0 aromatic heterocycles. The lowest BCUT2D eigenvalue weighted by atomic mass is 10.4. The van der Waals surface area contributed by atoms with Gasteiger partial charge in [0, 0.05) is 0 Å². The maximum Gasteiger partial charge on any atom is 0.305 e. The van der Waals surface area contributed by atoms with E-state index < -0.39 is 5.97 Å². The number of carboxylic acid groups (broad SMARTS) is 1. The molecule has 5 nitrogen and oxygen atoms in total. The highest BCUT2D eigenvalue weighted by Crippen LogP contribution is 1.76. The van der Waals surface area contributed by atoms with Gasteiger partial charge in [-0.25, -0.2) is 9.79 Å². The van der Waals surface area contributed by atoms with E-state index in [4.69, 9.17) is 10.2 Å². The summed E-state index contributed by atoms with van der Waals surface area (Å²) >= 11 is 0. The van der Waals surface area contributed by atoms with Crippen molar-refractivity contribution >= 4 is 12.0 Å². The van der Waals surface area contributed by atoms with Gasteiger partial charge in [-0.2, -0.15) is 0 Å². The quantitative estimate of drug-likeness (QED) is 0.365. The molecular formula is C6H8NO4. The van der Waals surface area contributed by atoms with Crippen LogP contribution < -0.4 is 0 Å². The monoisotopic (exact) mass is 158 g/mol. The molecule has 0 amide bonds. The Morgan fingerprint density at radius 1 is 1.73 bits per heavy atom. The maximum absolute atomic E-state index is 9.68. The van der Waals surface area contributed by atoms with Gasteiger partial charge in [-0.3, -0.25) is 9.90 Å². The molecule has 0 saturated heterocycles. The second-order valence-electron chi connectivity index (χ2n) is 1.28. The van der Waals surface area contributed by atoms with Crippen LogP contribution in [-0.2, 0) is 14.7 Å². The zero-order valence-electron chi connectivity index (χ0n) is 5.82. The Balaban J connectivity index is 0. The van der Waals surface area contributed by atoms with Gasteiger partial charge >= 0.3 is 5.97 Å². The minimum Gasteiger partial charge on any atom is -0.481 e. The van der Waals surface area contributed by atoms with Crippen molar-refractivity contribution in [2.45, 2.75) is 6.42 Å². The van der Waals surface area contributed by atoms with Crippen LogP contribution in [0.3, 0.4) is 0 Å². The van der Waals surface area contributed by atoms with Gasteiger partial charge in [0.2, 0.25) is 6.08 Å². The number of carbonyl (C=O) groups is 1. The van der Waals surface area contributed by atoms with Crippen molar-refractivity contribution < 1.29 is 19.8 Å². The summed E-state index contributed by atoms with van der Waals surface area (Å²) in [5.41, 5.74) is 0. The third-order valence-electron chi connectivity index (χ3n) is 0.502. The minimum atomic E-state index is -0.955. The lowest BCUT2D eigenvalue weighted by Gasteiger charge is -1.80. The van der Waals surface area contributed by atoms with E-state index in [1.54, 1.807) is 0 Å². The van der Waals surface area contributed by atoms with Crippen molar-refractivity contribution in [3.8, 4) is 0 Å². The number of aliphatic imine (C=N–C) groups is 1. The van der Waals surface area contributed by atoms with Crippen LogP contribution in [0.2, 0.25) is 0 Å². The van der Waals surface area contributed by atoms with Crippen LogP contribution in [0.4, 0.5) is 0 Å². The van der Waals surface area contributed by atoms with Crippen molar-refractivity contribution in [3.05, 3.63) is 12.8 Å². The molecule has 61 valence electrons. The number of aliphatic carboxylic acids is 1. The summed E-state index contributed by atoms with van der Waals surface area (Å²) < 4.78 is 0. The number of isocyanates is 1. The number of nitrogens with zero attached hydrogens (tertiary/aromatic N) is 1. The van der Waals surface area contributed by atoms with Crippen molar-refractivity contribution in [2.24, 2.45) is 4.99 Å². The van der Waals surface area contributed by atoms with Crippen LogP contribution in [0.15, 0.2) is 17.8 Å². The molecule has 0 aromatic rings. The molecule has 1 N–H and O–H groups in total. The number of hydrogen-bond donors (Lipinski definition) is 1. The Morgan fingerprint density at radius 3 is 2.45 bits per heavy atom. The Labute approximate surface area is 63.7 Å². The molecule has 11 heavy (non-hydrogen) atoms. The first kappa shape index (κ1) is 12.1. The van der Waals surface area contributed by atoms with E-state index in [1.165, 1.54) is 6.08 Å². The fourth-order valence-corrected chi connectivity index (χ4v) is 0.197. The summed E-state index contributed by atoms with van der Waals surface area (Å²) in [6, 6.07) is 0. The van der Waals surface area contributed by atoms with Crippen molar-refractivity contribution in [1.29, 1.82) is 0 Å². The highest BCUT2D eigenvalue weighted by molar-refractivity contribution is 5.67. The SMILES string of the molecule is C=C[O].O=C=NCCC(=O)O. The van der Waals surface area contributed by atoms with Gasteiger partial charge in [-0.15, -0.1) is 0 Å². The third-order valence-corrected chi connectivity index (χ3v) is 0.502. The van der Waals surface area contributed by atoms with Crippen LogP contribution in [0.5, 0.6) is 0 Å². The van der Waals surface area contributed by atoms with Crippen LogP contribution in [0.25, 0.3) is 0 Å². The molecule has 0 fully saturated rings. The van der Waals surface area contributed by atoms with Gasteiger partial charge in [0.15, 0.2) is 0 Å². The Kier molecular flexibility index (Phi) is 12.3. The lowest BCUT2D eigenvalue weighted by molar-refractivity contribution is -0.136. The van der Waals surface area contributed by atoms with E-state index in [9.17, 15) is 9.59 Å². The minimum absolute atomic E-state index is 0.0266. The predicted molar refractivity (Wildman–Crippen MR) is 36.1 cm³/mol. The number of rotatable bonds is 3. The topological polar surface area (TPSA) is 86.6 Å². The molecule has 0 bridgehead atoms. The molecule has 0 spiro atoms. The zero-order valence-corrected chi connectivity index (χ0v) is 5.82. The summed E-state index contributed by atoms with van der Waals surface area (Å²) in [5, 5.41) is 16.6. The molecular weight excluding hydrogens is 150 g/mol. The van der Waals surface area contributed by atoms with Gasteiger partial charge in [0.25, 0.3) is 0 Å². The zero-order chi connectivity index (χ0) is 9.11. The van der Waals surface area contributed by atoms with Gasteiger partial charge in [-0.1, -0.05) is 6.58 Å². The molecule has 5 heteroatoms. The average Bonchev–Trinajstić information content (AvgIpc) is 1.89. The predicted octanol–water partition coefficient (Wildman–Crippen LogP) is 0.357. The van der Waals surface area contributed by atoms with Gasteiger partial charge in [0.05, 0.1) is 13.0 Å². The normalized spacial score (nSPS) is 6.55. The molecule has 0 aliphatic heterocycles. The molecule has 0 atom stereocenters. The van der Waals surface area contributed by atoms with Crippen LogP contribution in [0.1, 0.15) is 6.42 Å². The molecule has 0 aromatic carbocycles. The highest BCUT2D eigenvalue weighted by Gasteiger charge is 1.91. The Bertz CT molecular complexity index is 158. The standard InChI is InChI=1S/C4H5NO3.C2H3O/c6-3-5-2-1-4(7)8;1-2-3/h1-2H2,(H,7,8);2H,1H2. The molecule has 0 unspecified atom stereocenters. The fraction of sp³-hybridized carbons (Fsp3) is 0.333.